The van der Waals surface area contributed by atoms with Crippen LogP contribution in [0, 0.1) is 0 Å². The first-order valence-electron chi connectivity index (χ1n) is 2.80. The zero-order valence-electron chi connectivity index (χ0n) is 6.31. The number of hydrogen-bond donors (Lipinski definition) is 0. The minimum Gasteiger partial charge on any atom is -0.467 e. The molecule has 0 aromatic rings. The molecule has 10 heavy (non-hydrogen) atoms. The summed E-state index contributed by atoms with van der Waals surface area (Å²) in [7, 11) is 2.81. The fourth-order valence-electron chi connectivity index (χ4n) is 0.408. The smallest absolute Gasteiger partial charge is 0.338 e. The van der Waals surface area contributed by atoms with Crippen molar-refractivity contribution in [3.8, 4) is 0 Å². The highest BCUT2D eigenvalue weighted by atomic mass is 79.9. The Balaban J connectivity index is 4.17. The lowest BCUT2D eigenvalue weighted by atomic mass is 10.1. The molecule has 0 saturated carbocycles. The third-order valence-corrected chi connectivity index (χ3v) is 2.39. The van der Waals surface area contributed by atoms with Gasteiger partial charge in [-0.15, -0.1) is 0 Å². The Kier molecular flexibility index (Phi) is 3.89. The fourth-order valence-corrected chi connectivity index (χ4v) is 0.866. The number of ether oxygens (including phenoxy) is 2. The van der Waals surface area contributed by atoms with Crippen molar-refractivity contribution in [3.63, 3.8) is 0 Å². The lowest BCUT2D eigenvalue weighted by molar-refractivity contribution is -0.160. The van der Waals surface area contributed by atoms with Crippen molar-refractivity contribution in [1.82, 2.24) is 0 Å². The molecule has 0 saturated heterocycles. The van der Waals surface area contributed by atoms with E-state index in [9.17, 15) is 4.79 Å². The van der Waals surface area contributed by atoms with Crippen LogP contribution in [0.2, 0.25) is 0 Å². The van der Waals surface area contributed by atoms with Crippen LogP contribution >= 0.6 is 15.9 Å². The Morgan fingerprint density at radius 2 is 2.10 bits per heavy atom. The molecule has 0 radical (unpaired) electrons. The molecule has 0 N–H and O–H groups in total. The van der Waals surface area contributed by atoms with Gasteiger partial charge in [0.2, 0.25) is 0 Å². The maximum absolute atomic E-state index is 10.9. The molecule has 0 aliphatic carbocycles. The molecule has 4 heteroatoms. The molecule has 60 valence electrons. The summed E-state index contributed by atoms with van der Waals surface area (Å²) >= 11 is 3.15. The lowest BCUT2D eigenvalue weighted by Crippen LogP contribution is -2.40. The molecule has 0 amide bonds. The molecule has 3 nitrogen and oxygen atoms in total. The first kappa shape index (κ1) is 9.91. The highest BCUT2D eigenvalue weighted by molar-refractivity contribution is 9.09. The van der Waals surface area contributed by atoms with E-state index >= 15 is 0 Å². The summed E-state index contributed by atoms with van der Waals surface area (Å²) in [6, 6.07) is 0. The van der Waals surface area contributed by atoms with Crippen molar-refractivity contribution >= 4 is 21.9 Å². The van der Waals surface area contributed by atoms with Crippen molar-refractivity contribution in [2.24, 2.45) is 0 Å². The van der Waals surface area contributed by atoms with Gasteiger partial charge < -0.3 is 9.47 Å². The number of carbonyl (C=O) groups excluding carboxylic acids is 1. The van der Waals surface area contributed by atoms with Crippen LogP contribution in [0.15, 0.2) is 0 Å². The second kappa shape index (κ2) is 3.93. The molecule has 0 aromatic carbocycles. The van der Waals surface area contributed by atoms with Gasteiger partial charge in [-0.2, -0.15) is 0 Å². The van der Waals surface area contributed by atoms with Crippen molar-refractivity contribution in [1.29, 1.82) is 0 Å². The van der Waals surface area contributed by atoms with Crippen LogP contribution in [0.3, 0.4) is 0 Å². The van der Waals surface area contributed by atoms with E-state index in [-0.39, 0.29) is 5.97 Å². The summed E-state index contributed by atoms with van der Waals surface area (Å²) < 4.78 is 9.42. The van der Waals surface area contributed by atoms with Gasteiger partial charge in [0.15, 0.2) is 5.60 Å². The van der Waals surface area contributed by atoms with Gasteiger partial charge in [-0.25, -0.2) is 4.79 Å². The average molecular weight is 211 g/mol. The number of methoxy groups -OCH3 is 2. The van der Waals surface area contributed by atoms with Gasteiger partial charge in [0.25, 0.3) is 0 Å². The number of halogens is 1. The zero-order chi connectivity index (χ0) is 8.20. The Hall–Kier alpha value is -0.0900. The molecule has 0 rings (SSSR count). The lowest BCUT2D eigenvalue weighted by Gasteiger charge is -2.21. The molecule has 0 aliphatic heterocycles. The minimum atomic E-state index is -0.852. The minimum absolute atomic E-state index is 0.369. The van der Waals surface area contributed by atoms with E-state index in [1.165, 1.54) is 14.2 Å². The Morgan fingerprint density at radius 1 is 1.60 bits per heavy atom. The molecule has 0 spiro atoms. The molecular weight excluding hydrogens is 200 g/mol. The van der Waals surface area contributed by atoms with Gasteiger partial charge in [0, 0.05) is 12.4 Å². The normalized spacial score (nSPS) is 16.0. The van der Waals surface area contributed by atoms with Crippen LogP contribution in [0.5, 0.6) is 0 Å². The fraction of sp³-hybridized carbons (Fsp3) is 0.833. The van der Waals surface area contributed by atoms with Crippen molar-refractivity contribution < 1.29 is 14.3 Å². The average Bonchev–Trinajstić information content (AvgIpc) is 2.01. The van der Waals surface area contributed by atoms with Crippen molar-refractivity contribution in [3.05, 3.63) is 0 Å². The third kappa shape index (κ3) is 1.95. The molecule has 0 fully saturated rings. The predicted octanol–water partition coefficient (Wildman–Crippen LogP) is 0.959. The number of rotatable bonds is 3. The number of esters is 1. The van der Waals surface area contributed by atoms with Crippen LogP contribution in [-0.2, 0) is 14.3 Å². The van der Waals surface area contributed by atoms with E-state index in [0.29, 0.717) is 5.33 Å². The van der Waals surface area contributed by atoms with Crippen LogP contribution in [0.25, 0.3) is 0 Å². The third-order valence-electron chi connectivity index (χ3n) is 1.32. The number of carbonyl (C=O) groups is 1. The van der Waals surface area contributed by atoms with Gasteiger partial charge in [-0.1, -0.05) is 15.9 Å². The van der Waals surface area contributed by atoms with Crippen molar-refractivity contribution in [2.45, 2.75) is 12.5 Å². The first-order valence-corrected chi connectivity index (χ1v) is 3.92. The summed E-state index contributed by atoms with van der Waals surface area (Å²) in [5, 5.41) is 0.434. The number of hydrogen-bond acceptors (Lipinski definition) is 3. The summed E-state index contributed by atoms with van der Waals surface area (Å²) in [6.07, 6.45) is 0. The Morgan fingerprint density at radius 3 is 2.20 bits per heavy atom. The van der Waals surface area contributed by atoms with Gasteiger partial charge >= 0.3 is 5.97 Å². The van der Waals surface area contributed by atoms with E-state index in [1.807, 2.05) is 0 Å². The molecule has 0 heterocycles. The van der Waals surface area contributed by atoms with Crippen LogP contribution in [0.1, 0.15) is 6.92 Å². The standard InChI is InChI=1S/C6H11BrO3/c1-6(4-7,10-3)5(8)9-2/h4H2,1-3H3/t6-/m0/s1. The van der Waals surface area contributed by atoms with Crippen LogP contribution < -0.4 is 0 Å². The molecule has 0 bridgehead atoms. The highest BCUT2D eigenvalue weighted by Gasteiger charge is 2.32. The second-order valence-corrected chi connectivity index (χ2v) is 2.62. The first-order chi connectivity index (χ1) is 4.60. The van der Waals surface area contributed by atoms with E-state index in [4.69, 9.17) is 4.74 Å². The Bertz CT molecular complexity index is 120. The summed E-state index contributed by atoms with van der Waals surface area (Å²) in [6.45, 7) is 1.66. The quantitative estimate of drug-likeness (QED) is 0.515. The molecule has 0 aliphatic rings. The van der Waals surface area contributed by atoms with Gasteiger partial charge in [-0.3, -0.25) is 0 Å². The van der Waals surface area contributed by atoms with Gasteiger partial charge in [0.1, 0.15) is 0 Å². The van der Waals surface area contributed by atoms with Gasteiger partial charge in [-0.05, 0) is 6.92 Å². The molecular formula is C6H11BrO3. The van der Waals surface area contributed by atoms with Crippen molar-refractivity contribution in [2.75, 3.05) is 19.5 Å². The van der Waals surface area contributed by atoms with E-state index in [1.54, 1.807) is 6.92 Å². The monoisotopic (exact) mass is 210 g/mol. The second-order valence-electron chi connectivity index (χ2n) is 2.06. The van der Waals surface area contributed by atoms with E-state index in [0.717, 1.165) is 0 Å². The largest absolute Gasteiger partial charge is 0.467 e. The molecule has 1 atom stereocenters. The predicted molar refractivity (Wildman–Crippen MR) is 41.2 cm³/mol. The SMILES string of the molecule is COC(=O)[C@](C)(CBr)OC. The molecule has 0 aromatic heterocycles. The van der Waals surface area contributed by atoms with E-state index < -0.39 is 5.60 Å². The summed E-state index contributed by atoms with van der Waals surface area (Å²) in [4.78, 5) is 10.9. The zero-order valence-corrected chi connectivity index (χ0v) is 7.90. The van der Waals surface area contributed by atoms with E-state index in [2.05, 4.69) is 20.7 Å². The topological polar surface area (TPSA) is 35.5 Å². The maximum atomic E-state index is 10.9. The van der Waals surface area contributed by atoms with Crippen LogP contribution in [-0.4, -0.2) is 31.1 Å². The summed E-state index contributed by atoms with van der Waals surface area (Å²) in [5.41, 5.74) is -0.852. The molecule has 0 unspecified atom stereocenters. The number of alkyl halides is 1. The maximum Gasteiger partial charge on any atom is 0.338 e. The highest BCUT2D eigenvalue weighted by Crippen LogP contribution is 2.13. The van der Waals surface area contributed by atoms with Gasteiger partial charge in [0.05, 0.1) is 7.11 Å². The Labute approximate surface area is 68.8 Å². The van der Waals surface area contributed by atoms with Crippen LogP contribution in [0.4, 0.5) is 0 Å². The summed E-state index contributed by atoms with van der Waals surface area (Å²) in [5.74, 6) is -0.369.